The number of amides is 2. The van der Waals surface area contributed by atoms with Crippen molar-refractivity contribution in [3.63, 3.8) is 0 Å². The molecule has 0 saturated carbocycles. The first-order valence-electron chi connectivity index (χ1n) is 10.8. The molecule has 4 aromatic rings. The molecule has 0 fully saturated rings. The lowest BCUT2D eigenvalue weighted by Gasteiger charge is -2.20. The van der Waals surface area contributed by atoms with Crippen LogP contribution in [0.25, 0.3) is 21.3 Å². The van der Waals surface area contributed by atoms with E-state index in [1.165, 1.54) is 18.3 Å². The number of carbonyl (C=O) groups excluding carboxylic acids is 2. The molecule has 172 valence electrons. The van der Waals surface area contributed by atoms with Crippen molar-refractivity contribution in [3.8, 4) is 0 Å². The van der Waals surface area contributed by atoms with E-state index in [1.807, 2.05) is 35.9 Å². The Balaban J connectivity index is 1.76. The van der Waals surface area contributed by atoms with Crippen LogP contribution in [0.2, 0.25) is 0 Å². The zero-order valence-corrected chi connectivity index (χ0v) is 20.7. The van der Waals surface area contributed by atoms with Crippen molar-refractivity contribution in [2.45, 2.75) is 59.9 Å². The fourth-order valence-corrected chi connectivity index (χ4v) is 4.61. The molecule has 8 nitrogen and oxygen atoms in total. The lowest BCUT2D eigenvalue weighted by Crippen LogP contribution is -2.24. The van der Waals surface area contributed by atoms with E-state index in [0.29, 0.717) is 22.0 Å². The van der Waals surface area contributed by atoms with Gasteiger partial charge in [-0.15, -0.1) is 0 Å². The number of carbonyl (C=O) groups is 2. The number of benzene rings is 1. The number of hydrogen-bond donors (Lipinski definition) is 2. The maximum Gasteiger partial charge on any atom is 0.256 e. The largest absolute Gasteiger partial charge is 0.322 e. The molecular formula is C24H28N6O2S. The third-order valence-corrected chi connectivity index (χ3v) is 6.17. The fourth-order valence-electron chi connectivity index (χ4n) is 3.66. The van der Waals surface area contributed by atoms with Crippen LogP contribution in [0.15, 0.2) is 24.3 Å². The third kappa shape index (κ3) is 4.45. The molecule has 0 atom stereocenters. The second-order valence-electron chi connectivity index (χ2n) is 9.45. The number of rotatable bonds is 4. The van der Waals surface area contributed by atoms with E-state index in [9.17, 15) is 9.59 Å². The highest BCUT2D eigenvalue weighted by Gasteiger charge is 2.25. The maximum absolute atomic E-state index is 13.5. The van der Waals surface area contributed by atoms with Gasteiger partial charge in [-0.1, -0.05) is 25.2 Å². The number of thiazole rings is 1. The Labute approximate surface area is 196 Å². The molecule has 0 spiro atoms. The Morgan fingerprint density at radius 1 is 1.09 bits per heavy atom. The summed E-state index contributed by atoms with van der Waals surface area (Å²) in [7, 11) is 0. The van der Waals surface area contributed by atoms with E-state index >= 15 is 0 Å². The van der Waals surface area contributed by atoms with Gasteiger partial charge in [0.1, 0.15) is 0 Å². The second-order valence-corrected chi connectivity index (χ2v) is 10.5. The minimum atomic E-state index is -0.272. The van der Waals surface area contributed by atoms with Crippen LogP contribution in [0.1, 0.15) is 69.2 Å². The Bertz CT molecular complexity index is 1390. The van der Waals surface area contributed by atoms with Gasteiger partial charge in [0.05, 0.1) is 32.4 Å². The first-order chi connectivity index (χ1) is 15.4. The predicted molar refractivity (Wildman–Crippen MR) is 133 cm³/mol. The molecule has 1 aromatic carbocycles. The summed E-state index contributed by atoms with van der Waals surface area (Å²) in [6.45, 7) is 13.7. The molecule has 4 rings (SSSR count). The zero-order valence-electron chi connectivity index (χ0n) is 19.9. The molecule has 0 aliphatic carbocycles. The number of nitrogens with zero attached hydrogens (tertiary/aromatic N) is 4. The normalized spacial score (nSPS) is 12.0. The molecule has 0 saturated heterocycles. The quantitative estimate of drug-likeness (QED) is 0.419. The number of anilines is 2. The SMILES string of the molecule is CC(=O)Nc1nc2ccc(NC(=O)c3cc(C(C)C)nc4c3c(C)nn4C(C)(C)C)cc2s1. The smallest absolute Gasteiger partial charge is 0.256 e. The van der Waals surface area contributed by atoms with Crippen molar-refractivity contribution in [3.05, 3.63) is 41.2 Å². The van der Waals surface area contributed by atoms with Gasteiger partial charge in [-0.05, 0) is 57.9 Å². The van der Waals surface area contributed by atoms with E-state index in [0.717, 1.165) is 27.0 Å². The average molecular weight is 465 g/mol. The van der Waals surface area contributed by atoms with Gasteiger partial charge in [0.15, 0.2) is 10.8 Å². The number of nitrogens with one attached hydrogen (secondary N) is 2. The van der Waals surface area contributed by atoms with Gasteiger partial charge in [-0.2, -0.15) is 5.10 Å². The number of aromatic nitrogens is 4. The molecule has 3 heterocycles. The lowest BCUT2D eigenvalue weighted by molar-refractivity contribution is -0.114. The number of fused-ring (bicyclic) bond motifs is 2. The number of hydrogen-bond acceptors (Lipinski definition) is 6. The summed E-state index contributed by atoms with van der Waals surface area (Å²) in [5, 5.41) is 11.7. The Morgan fingerprint density at radius 2 is 1.82 bits per heavy atom. The van der Waals surface area contributed by atoms with E-state index in [1.54, 1.807) is 0 Å². The molecule has 0 aliphatic rings. The van der Waals surface area contributed by atoms with Crippen LogP contribution in [0.4, 0.5) is 10.8 Å². The Morgan fingerprint density at radius 3 is 2.45 bits per heavy atom. The molecule has 0 radical (unpaired) electrons. The summed E-state index contributed by atoms with van der Waals surface area (Å²) >= 11 is 1.36. The topological polar surface area (TPSA) is 102 Å². The summed E-state index contributed by atoms with van der Waals surface area (Å²) in [6.07, 6.45) is 0. The van der Waals surface area contributed by atoms with Crippen LogP contribution in [0, 0.1) is 6.92 Å². The standard InChI is InChI=1S/C24H28N6O2S/c1-12(2)18-11-16(20-13(3)29-30(21(20)27-18)24(5,6)7)22(32)26-15-8-9-17-19(10-15)33-23(28-17)25-14(4)31/h8-12H,1-7H3,(H,26,32)(H,25,28,31). The summed E-state index contributed by atoms with van der Waals surface area (Å²) in [5.74, 6) is -0.228. The number of aryl methyl sites for hydroxylation is 1. The second kappa shape index (κ2) is 8.22. The van der Waals surface area contributed by atoms with Gasteiger partial charge in [0.2, 0.25) is 5.91 Å². The fraction of sp³-hybridized carbons (Fsp3) is 0.375. The van der Waals surface area contributed by atoms with Crippen LogP contribution in [0.3, 0.4) is 0 Å². The summed E-state index contributed by atoms with van der Waals surface area (Å²) < 4.78 is 2.77. The van der Waals surface area contributed by atoms with Gasteiger partial charge in [-0.25, -0.2) is 14.6 Å². The van der Waals surface area contributed by atoms with Crippen LogP contribution < -0.4 is 10.6 Å². The van der Waals surface area contributed by atoms with E-state index in [2.05, 4.69) is 50.2 Å². The highest BCUT2D eigenvalue weighted by Crippen LogP contribution is 2.31. The van der Waals surface area contributed by atoms with E-state index in [4.69, 9.17) is 10.1 Å². The first-order valence-corrected chi connectivity index (χ1v) is 11.7. The number of pyridine rings is 1. The Kier molecular flexibility index (Phi) is 5.69. The zero-order chi connectivity index (χ0) is 24.1. The monoisotopic (exact) mass is 464 g/mol. The van der Waals surface area contributed by atoms with Gasteiger partial charge < -0.3 is 10.6 Å². The molecule has 2 N–H and O–H groups in total. The molecule has 9 heteroatoms. The molecule has 0 bridgehead atoms. The molecule has 33 heavy (non-hydrogen) atoms. The molecule has 3 aromatic heterocycles. The highest BCUT2D eigenvalue weighted by atomic mass is 32.1. The maximum atomic E-state index is 13.5. The molecule has 0 aliphatic heterocycles. The van der Waals surface area contributed by atoms with Crippen LogP contribution in [-0.2, 0) is 10.3 Å². The minimum absolute atomic E-state index is 0.158. The van der Waals surface area contributed by atoms with Gasteiger partial charge in [0, 0.05) is 18.3 Å². The van der Waals surface area contributed by atoms with Crippen LogP contribution in [0.5, 0.6) is 0 Å². The van der Waals surface area contributed by atoms with Crippen molar-refractivity contribution in [2.24, 2.45) is 0 Å². The predicted octanol–water partition coefficient (Wildman–Crippen LogP) is 5.44. The van der Waals surface area contributed by atoms with Crippen LogP contribution in [-0.4, -0.2) is 31.6 Å². The van der Waals surface area contributed by atoms with Crippen molar-refractivity contribution in [1.82, 2.24) is 19.7 Å². The van der Waals surface area contributed by atoms with Gasteiger partial charge in [0.25, 0.3) is 5.91 Å². The Hall–Kier alpha value is -3.33. The van der Waals surface area contributed by atoms with Crippen molar-refractivity contribution < 1.29 is 9.59 Å². The van der Waals surface area contributed by atoms with Gasteiger partial charge in [-0.3, -0.25) is 9.59 Å². The summed E-state index contributed by atoms with van der Waals surface area (Å²) in [5.41, 5.74) is 4.03. The lowest BCUT2D eigenvalue weighted by atomic mass is 10.0. The molecule has 0 unspecified atom stereocenters. The third-order valence-electron chi connectivity index (χ3n) is 5.23. The van der Waals surface area contributed by atoms with E-state index in [-0.39, 0.29) is 23.3 Å². The first kappa shape index (κ1) is 22.8. The van der Waals surface area contributed by atoms with Crippen molar-refractivity contribution >= 4 is 55.2 Å². The average Bonchev–Trinajstić information content (AvgIpc) is 3.26. The molecular weight excluding hydrogens is 436 g/mol. The summed E-state index contributed by atoms with van der Waals surface area (Å²) in [6, 6.07) is 7.37. The van der Waals surface area contributed by atoms with Gasteiger partial charge >= 0.3 is 0 Å². The molecule has 2 amide bonds. The van der Waals surface area contributed by atoms with E-state index < -0.39 is 0 Å². The minimum Gasteiger partial charge on any atom is -0.322 e. The van der Waals surface area contributed by atoms with Crippen molar-refractivity contribution in [1.29, 1.82) is 0 Å². The van der Waals surface area contributed by atoms with Crippen LogP contribution >= 0.6 is 11.3 Å². The highest BCUT2D eigenvalue weighted by molar-refractivity contribution is 7.22. The summed E-state index contributed by atoms with van der Waals surface area (Å²) in [4.78, 5) is 34.0. The van der Waals surface area contributed by atoms with Crippen molar-refractivity contribution in [2.75, 3.05) is 10.6 Å².